The monoisotopic (exact) mass is 376 g/mol. The molecule has 144 valence electrons. The van der Waals surface area contributed by atoms with Crippen molar-refractivity contribution in [1.82, 2.24) is 9.80 Å². The molecule has 0 aromatic heterocycles. The Labute approximate surface area is 164 Å². The van der Waals surface area contributed by atoms with Gasteiger partial charge in [0.25, 0.3) is 0 Å². The molecule has 2 atom stereocenters. The van der Waals surface area contributed by atoms with E-state index < -0.39 is 11.4 Å². The van der Waals surface area contributed by atoms with E-state index in [1.54, 1.807) is 4.90 Å². The van der Waals surface area contributed by atoms with Gasteiger partial charge in [-0.05, 0) is 34.2 Å². The Morgan fingerprint density at radius 1 is 1.07 bits per heavy atom. The number of nitrogens with zero attached hydrogens (tertiary/aromatic N) is 2. The van der Waals surface area contributed by atoms with E-state index in [0.717, 1.165) is 19.5 Å². The number of hydrogen-bond acceptors (Lipinski definition) is 3. The van der Waals surface area contributed by atoms with Gasteiger partial charge < -0.3 is 10.0 Å². The Hall–Kier alpha value is -2.66. The molecule has 2 fully saturated rings. The number of rotatable bonds is 3. The lowest BCUT2D eigenvalue weighted by atomic mass is 9.81. The first-order valence-corrected chi connectivity index (χ1v) is 9.87. The van der Waals surface area contributed by atoms with E-state index in [4.69, 9.17) is 0 Å². The summed E-state index contributed by atoms with van der Waals surface area (Å²) in [5.41, 5.74) is 5.79. The lowest BCUT2D eigenvalue weighted by Crippen LogP contribution is -2.41. The summed E-state index contributed by atoms with van der Waals surface area (Å²) in [7, 11) is 0. The number of hydrogen-bond donors (Lipinski definition) is 1. The molecule has 5 nitrogen and oxygen atoms in total. The second-order valence-corrected chi connectivity index (χ2v) is 8.55. The first kappa shape index (κ1) is 17.4. The van der Waals surface area contributed by atoms with Crippen molar-refractivity contribution in [3.8, 4) is 11.1 Å². The summed E-state index contributed by atoms with van der Waals surface area (Å²) in [5.74, 6) is -0.791. The van der Waals surface area contributed by atoms with E-state index in [1.807, 2.05) is 0 Å². The normalized spacial score (nSPS) is 25.5. The topological polar surface area (TPSA) is 60.9 Å². The third-order valence-corrected chi connectivity index (χ3v) is 6.82. The molecule has 0 spiro atoms. The average Bonchev–Trinajstić information content (AvgIpc) is 3.29. The van der Waals surface area contributed by atoms with Crippen molar-refractivity contribution in [1.29, 1.82) is 0 Å². The van der Waals surface area contributed by atoms with Crippen molar-refractivity contribution in [2.75, 3.05) is 26.2 Å². The summed E-state index contributed by atoms with van der Waals surface area (Å²) in [6, 6.07) is 15.2. The molecule has 1 N–H and O–H groups in total. The predicted molar refractivity (Wildman–Crippen MR) is 106 cm³/mol. The number of carboxylic acids is 1. The van der Waals surface area contributed by atoms with Crippen molar-refractivity contribution in [3.05, 3.63) is 59.2 Å². The van der Waals surface area contributed by atoms with E-state index >= 15 is 0 Å². The average molecular weight is 376 g/mol. The molecule has 2 saturated heterocycles. The van der Waals surface area contributed by atoms with Gasteiger partial charge >= 0.3 is 5.97 Å². The number of carbonyl (C=O) groups excluding carboxylic acids is 1. The first-order chi connectivity index (χ1) is 13.5. The number of fused-ring (bicyclic) bond motifs is 4. The quantitative estimate of drug-likeness (QED) is 0.763. The molecule has 0 unspecified atom stereocenters. The van der Waals surface area contributed by atoms with Crippen molar-refractivity contribution in [2.24, 2.45) is 11.3 Å². The van der Waals surface area contributed by atoms with Crippen LogP contribution in [0.15, 0.2) is 42.5 Å². The Morgan fingerprint density at radius 3 is 2.61 bits per heavy atom. The second-order valence-electron chi connectivity index (χ2n) is 8.55. The highest BCUT2D eigenvalue weighted by molar-refractivity contribution is 5.80. The van der Waals surface area contributed by atoms with Gasteiger partial charge in [0.2, 0.25) is 5.91 Å². The maximum Gasteiger partial charge on any atom is 0.313 e. The van der Waals surface area contributed by atoms with Gasteiger partial charge in [-0.25, -0.2) is 0 Å². The molecule has 1 aliphatic carbocycles. The summed E-state index contributed by atoms with van der Waals surface area (Å²) in [6.07, 6.45) is 0.967. The van der Waals surface area contributed by atoms with E-state index in [9.17, 15) is 14.7 Å². The molecule has 0 bridgehead atoms. The lowest BCUT2D eigenvalue weighted by Gasteiger charge is -2.25. The zero-order valence-corrected chi connectivity index (χ0v) is 16.0. The minimum atomic E-state index is -0.821. The molecule has 5 heteroatoms. The van der Waals surface area contributed by atoms with E-state index in [0.29, 0.717) is 19.6 Å². The number of carboxylic acid groups (broad SMARTS) is 1. The summed E-state index contributed by atoms with van der Waals surface area (Å²) in [6.45, 7) is 4.41. The number of amides is 1. The third-order valence-electron chi connectivity index (χ3n) is 6.82. The molecule has 2 heterocycles. The SMILES string of the molecule is CC(=O)N1C[C@H]2CN(Cc3ccc4c(c3)Cc3ccccc3-4)C[C@@]2(C(=O)O)C1. The minimum Gasteiger partial charge on any atom is -0.481 e. The fourth-order valence-electron chi connectivity index (χ4n) is 5.39. The number of likely N-dealkylation sites (tertiary alicyclic amines) is 2. The third kappa shape index (κ3) is 2.57. The predicted octanol–water partition coefficient (Wildman–Crippen LogP) is 2.62. The van der Waals surface area contributed by atoms with Crippen LogP contribution in [-0.2, 0) is 22.6 Å². The highest BCUT2D eigenvalue weighted by atomic mass is 16.4. The Morgan fingerprint density at radius 2 is 1.86 bits per heavy atom. The van der Waals surface area contributed by atoms with Crippen LogP contribution < -0.4 is 0 Å². The largest absolute Gasteiger partial charge is 0.481 e. The van der Waals surface area contributed by atoms with Gasteiger partial charge in [-0.1, -0.05) is 42.5 Å². The van der Waals surface area contributed by atoms with Crippen LogP contribution >= 0.6 is 0 Å². The van der Waals surface area contributed by atoms with Crippen molar-refractivity contribution >= 4 is 11.9 Å². The van der Waals surface area contributed by atoms with Gasteiger partial charge in [-0.3, -0.25) is 14.5 Å². The summed E-state index contributed by atoms with van der Waals surface area (Å²) in [4.78, 5) is 27.8. The van der Waals surface area contributed by atoms with Crippen LogP contribution in [0, 0.1) is 11.3 Å². The Kier molecular flexibility index (Phi) is 3.85. The van der Waals surface area contributed by atoms with Gasteiger partial charge in [0.1, 0.15) is 5.41 Å². The number of benzene rings is 2. The number of carbonyl (C=O) groups is 2. The zero-order valence-electron chi connectivity index (χ0n) is 16.0. The maximum absolute atomic E-state index is 12.1. The molecule has 2 aliphatic heterocycles. The zero-order chi connectivity index (χ0) is 19.5. The lowest BCUT2D eigenvalue weighted by molar-refractivity contribution is -0.149. The number of aliphatic carboxylic acids is 1. The van der Waals surface area contributed by atoms with Crippen molar-refractivity contribution in [2.45, 2.75) is 19.9 Å². The van der Waals surface area contributed by atoms with Gasteiger partial charge in [0, 0.05) is 45.6 Å². The van der Waals surface area contributed by atoms with Crippen LogP contribution in [0.4, 0.5) is 0 Å². The summed E-state index contributed by atoms with van der Waals surface area (Å²) in [5, 5.41) is 9.92. The van der Waals surface area contributed by atoms with Crippen LogP contribution in [-0.4, -0.2) is 53.0 Å². The highest BCUT2D eigenvalue weighted by Gasteiger charge is 2.58. The molecule has 2 aromatic rings. The van der Waals surface area contributed by atoms with E-state index in [1.165, 1.54) is 34.7 Å². The molecule has 2 aromatic carbocycles. The fraction of sp³-hybridized carbons (Fsp3) is 0.391. The molecule has 5 rings (SSSR count). The van der Waals surface area contributed by atoms with Crippen LogP contribution in [0.3, 0.4) is 0 Å². The second kappa shape index (κ2) is 6.17. The molecular formula is C23H24N2O3. The Bertz CT molecular complexity index is 986. The van der Waals surface area contributed by atoms with E-state index in [-0.39, 0.29) is 11.8 Å². The molecular weight excluding hydrogens is 352 g/mol. The molecule has 1 amide bonds. The smallest absolute Gasteiger partial charge is 0.313 e. The Balaban J connectivity index is 1.34. The van der Waals surface area contributed by atoms with Gasteiger partial charge in [-0.2, -0.15) is 0 Å². The van der Waals surface area contributed by atoms with Gasteiger partial charge in [-0.15, -0.1) is 0 Å². The maximum atomic E-state index is 12.1. The van der Waals surface area contributed by atoms with Crippen LogP contribution in [0.2, 0.25) is 0 Å². The molecule has 28 heavy (non-hydrogen) atoms. The standard InChI is InChI=1S/C23H24N2O3/c1-15(26)25-12-19-11-24(13-23(19,14-25)22(27)28)10-16-6-7-21-18(8-16)9-17-4-2-3-5-20(17)21/h2-8,19H,9-14H2,1H3,(H,27,28)/t19-,23-/m1/s1. The first-order valence-electron chi connectivity index (χ1n) is 9.87. The summed E-state index contributed by atoms with van der Waals surface area (Å²) < 4.78 is 0. The minimum absolute atomic E-state index is 0.00702. The van der Waals surface area contributed by atoms with Crippen LogP contribution in [0.5, 0.6) is 0 Å². The van der Waals surface area contributed by atoms with Crippen LogP contribution in [0.1, 0.15) is 23.6 Å². The fourth-order valence-corrected chi connectivity index (χ4v) is 5.39. The van der Waals surface area contributed by atoms with Crippen LogP contribution in [0.25, 0.3) is 11.1 Å². The van der Waals surface area contributed by atoms with Crippen molar-refractivity contribution in [3.63, 3.8) is 0 Å². The highest BCUT2D eigenvalue weighted by Crippen LogP contribution is 2.43. The summed E-state index contributed by atoms with van der Waals surface area (Å²) >= 11 is 0. The van der Waals surface area contributed by atoms with Gasteiger partial charge in [0.05, 0.1) is 0 Å². The van der Waals surface area contributed by atoms with Gasteiger partial charge in [0.15, 0.2) is 0 Å². The molecule has 3 aliphatic rings. The molecule has 0 radical (unpaired) electrons. The molecule has 0 saturated carbocycles. The van der Waals surface area contributed by atoms with Crippen molar-refractivity contribution < 1.29 is 14.7 Å². The van der Waals surface area contributed by atoms with E-state index in [2.05, 4.69) is 47.4 Å².